The SMILES string of the molecule is CC(NC(N)=O)C1CCCO1. The Labute approximate surface area is 66.1 Å². The third-order valence-electron chi connectivity index (χ3n) is 1.89. The van der Waals surface area contributed by atoms with Crippen LogP contribution in [0.3, 0.4) is 0 Å². The molecule has 4 heteroatoms. The molecule has 11 heavy (non-hydrogen) atoms. The number of amides is 2. The maximum atomic E-state index is 10.4. The minimum Gasteiger partial charge on any atom is -0.376 e. The quantitative estimate of drug-likeness (QED) is 0.604. The normalized spacial score (nSPS) is 26.5. The molecule has 2 atom stereocenters. The van der Waals surface area contributed by atoms with Gasteiger partial charge >= 0.3 is 6.03 Å². The zero-order valence-corrected chi connectivity index (χ0v) is 6.67. The lowest BCUT2D eigenvalue weighted by Crippen LogP contribution is -2.43. The van der Waals surface area contributed by atoms with E-state index in [0.717, 1.165) is 19.4 Å². The second-order valence-corrected chi connectivity index (χ2v) is 2.85. The predicted molar refractivity (Wildman–Crippen MR) is 41.2 cm³/mol. The molecule has 1 aliphatic heterocycles. The Hall–Kier alpha value is -0.770. The number of carbonyl (C=O) groups excluding carboxylic acids is 1. The van der Waals surface area contributed by atoms with Crippen LogP contribution in [0.15, 0.2) is 0 Å². The number of primary amides is 1. The molecule has 0 aliphatic carbocycles. The van der Waals surface area contributed by atoms with E-state index in [0.29, 0.717) is 0 Å². The van der Waals surface area contributed by atoms with E-state index in [9.17, 15) is 4.79 Å². The van der Waals surface area contributed by atoms with Gasteiger partial charge in [-0.2, -0.15) is 0 Å². The lowest BCUT2D eigenvalue weighted by Gasteiger charge is -2.18. The molecule has 0 aromatic carbocycles. The fourth-order valence-corrected chi connectivity index (χ4v) is 1.31. The van der Waals surface area contributed by atoms with Crippen LogP contribution >= 0.6 is 0 Å². The first-order valence-electron chi connectivity index (χ1n) is 3.87. The van der Waals surface area contributed by atoms with Crippen LogP contribution in [0.25, 0.3) is 0 Å². The summed E-state index contributed by atoms with van der Waals surface area (Å²) in [5.41, 5.74) is 4.96. The van der Waals surface area contributed by atoms with Gasteiger partial charge in [0.25, 0.3) is 0 Å². The van der Waals surface area contributed by atoms with Gasteiger partial charge in [-0.3, -0.25) is 0 Å². The number of nitrogens with two attached hydrogens (primary N) is 1. The highest BCUT2D eigenvalue weighted by molar-refractivity contribution is 5.71. The summed E-state index contributed by atoms with van der Waals surface area (Å²) in [6.45, 7) is 2.70. The smallest absolute Gasteiger partial charge is 0.312 e. The molecule has 3 N–H and O–H groups in total. The summed E-state index contributed by atoms with van der Waals surface area (Å²) < 4.78 is 5.35. The van der Waals surface area contributed by atoms with Gasteiger partial charge in [-0.05, 0) is 19.8 Å². The van der Waals surface area contributed by atoms with E-state index in [1.165, 1.54) is 0 Å². The Kier molecular flexibility index (Phi) is 2.70. The Bertz CT molecular complexity index is 143. The van der Waals surface area contributed by atoms with Gasteiger partial charge < -0.3 is 15.8 Å². The van der Waals surface area contributed by atoms with Crippen LogP contribution in [-0.4, -0.2) is 24.8 Å². The molecule has 1 rings (SSSR count). The number of nitrogens with one attached hydrogen (secondary N) is 1. The molecule has 1 heterocycles. The first-order valence-corrected chi connectivity index (χ1v) is 3.87. The fraction of sp³-hybridized carbons (Fsp3) is 0.857. The number of urea groups is 1. The molecular weight excluding hydrogens is 144 g/mol. The molecule has 2 amide bonds. The van der Waals surface area contributed by atoms with E-state index in [4.69, 9.17) is 10.5 Å². The molecule has 1 fully saturated rings. The van der Waals surface area contributed by atoms with Crippen molar-refractivity contribution in [2.75, 3.05) is 6.61 Å². The van der Waals surface area contributed by atoms with Gasteiger partial charge in [0.2, 0.25) is 0 Å². The summed E-state index contributed by atoms with van der Waals surface area (Å²) in [6.07, 6.45) is 2.25. The topological polar surface area (TPSA) is 64.3 Å². The molecule has 64 valence electrons. The maximum Gasteiger partial charge on any atom is 0.312 e. The molecule has 4 nitrogen and oxygen atoms in total. The summed E-state index contributed by atoms with van der Waals surface area (Å²) in [4.78, 5) is 10.4. The highest BCUT2D eigenvalue weighted by Gasteiger charge is 2.22. The van der Waals surface area contributed by atoms with Crippen molar-refractivity contribution in [3.05, 3.63) is 0 Å². The number of rotatable bonds is 2. The van der Waals surface area contributed by atoms with Gasteiger partial charge in [-0.1, -0.05) is 0 Å². The predicted octanol–water partition coefficient (Wildman–Crippen LogP) is 0.222. The molecule has 0 radical (unpaired) electrons. The lowest BCUT2D eigenvalue weighted by molar-refractivity contribution is 0.0865. The van der Waals surface area contributed by atoms with Crippen molar-refractivity contribution < 1.29 is 9.53 Å². The highest BCUT2D eigenvalue weighted by Crippen LogP contribution is 2.14. The Morgan fingerprint density at radius 1 is 1.82 bits per heavy atom. The minimum absolute atomic E-state index is 0.0370. The van der Waals surface area contributed by atoms with E-state index in [1.807, 2.05) is 6.92 Å². The van der Waals surface area contributed by atoms with Crippen LogP contribution in [0, 0.1) is 0 Å². The molecule has 0 aromatic rings. The van der Waals surface area contributed by atoms with E-state index in [2.05, 4.69) is 5.32 Å². The largest absolute Gasteiger partial charge is 0.376 e. The number of ether oxygens (including phenoxy) is 1. The maximum absolute atomic E-state index is 10.4. The first kappa shape index (κ1) is 8.33. The molecule has 0 spiro atoms. The molecule has 1 saturated heterocycles. The van der Waals surface area contributed by atoms with E-state index in [-0.39, 0.29) is 12.1 Å². The van der Waals surface area contributed by atoms with Gasteiger partial charge in [0, 0.05) is 6.61 Å². The average Bonchev–Trinajstić information content (AvgIpc) is 2.35. The van der Waals surface area contributed by atoms with Crippen molar-refractivity contribution in [1.29, 1.82) is 0 Å². The van der Waals surface area contributed by atoms with Crippen molar-refractivity contribution in [1.82, 2.24) is 5.32 Å². The molecule has 2 unspecified atom stereocenters. The highest BCUT2D eigenvalue weighted by atomic mass is 16.5. The van der Waals surface area contributed by atoms with Gasteiger partial charge in [0.05, 0.1) is 12.1 Å². The lowest BCUT2D eigenvalue weighted by atomic mass is 10.1. The van der Waals surface area contributed by atoms with Crippen LogP contribution in [-0.2, 0) is 4.74 Å². The third kappa shape index (κ3) is 2.38. The van der Waals surface area contributed by atoms with Crippen LogP contribution in [0.5, 0.6) is 0 Å². The molecule has 1 aliphatic rings. The van der Waals surface area contributed by atoms with Gasteiger partial charge in [0.1, 0.15) is 0 Å². The number of carbonyl (C=O) groups is 1. The number of hydrogen-bond acceptors (Lipinski definition) is 2. The zero-order valence-electron chi connectivity index (χ0n) is 6.67. The van der Waals surface area contributed by atoms with Crippen LogP contribution < -0.4 is 11.1 Å². The summed E-state index contributed by atoms with van der Waals surface area (Å²) in [6, 6.07) is -0.442. The zero-order chi connectivity index (χ0) is 8.27. The first-order chi connectivity index (χ1) is 5.20. The molecule has 0 bridgehead atoms. The van der Waals surface area contributed by atoms with Crippen molar-refractivity contribution in [2.24, 2.45) is 5.73 Å². The average molecular weight is 158 g/mol. The second-order valence-electron chi connectivity index (χ2n) is 2.85. The molecule has 0 aromatic heterocycles. The fourth-order valence-electron chi connectivity index (χ4n) is 1.31. The second kappa shape index (κ2) is 3.57. The Morgan fingerprint density at radius 2 is 2.55 bits per heavy atom. The van der Waals surface area contributed by atoms with Crippen molar-refractivity contribution in [3.63, 3.8) is 0 Å². The van der Waals surface area contributed by atoms with Gasteiger partial charge in [-0.25, -0.2) is 4.79 Å². The van der Waals surface area contributed by atoms with Gasteiger partial charge in [0.15, 0.2) is 0 Å². The van der Waals surface area contributed by atoms with Crippen molar-refractivity contribution in [3.8, 4) is 0 Å². The minimum atomic E-state index is -0.479. The number of hydrogen-bond donors (Lipinski definition) is 2. The third-order valence-corrected chi connectivity index (χ3v) is 1.89. The van der Waals surface area contributed by atoms with Crippen molar-refractivity contribution >= 4 is 6.03 Å². The van der Waals surface area contributed by atoms with E-state index < -0.39 is 6.03 Å². The van der Waals surface area contributed by atoms with Crippen LogP contribution in [0.4, 0.5) is 4.79 Å². The van der Waals surface area contributed by atoms with Crippen molar-refractivity contribution in [2.45, 2.75) is 31.9 Å². The van der Waals surface area contributed by atoms with Crippen LogP contribution in [0.2, 0.25) is 0 Å². The summed E-state index contributed by atoms with van der Waals surface area (Å²) >= 11 is 0. The van der Waals surface area contributed by atoms with Gasteiger partial charge in [-0.15, -0.1) is 0 Å². The van der Waals surface area contributed by atoms with Crippen LogP contribution in [0.1, 0.15) is 19.8 Å². The Balaban J connectivity index is 2.28. The van der Waals surface area contributed by atoms with E-state index in [1.54, 1.807) is 0 Å². The van der Waals surface area contributed by atoms with E-state index >= 15 is 0 Å². The molecular formula is C7H14N2O2. The summed E-state index contributed by atoms with van der Waals surface area (Å²) in [5, 5.41) is 2.60. The molecule has 0 saturated carbocycles. The monoisotopic (exact) mass is 158 g/mol. The summed E-state index contributed by atoms with van der Waals surface area (Å²) in [7, 11) is 0. The summed E-state index contributed by atoms with van der Waals surface area (Å²) in [5.74, 6) is 0. The Morgan fingerprint density at radius 3 is 3.00 bits per heavy atom. The standard InChI is InChI=1S/C7H14N2O2/c1-5(9-7(8)10)6-3-2-4-11-6/h5-6H,2-4H2,1H3,(H3,8,9,10).